The second-order valence-electron chi connectivity index (χ2n) is 3.85. The second-order valence-corrected chi connectivity index (χ2v) is 3.85. The molecular formula is C11H15N3O6. The third-order valence-corrected chi connectivity index (χ3v) is 2.50. The highest BCUT2D eigenvalue weighted by Crippen LogP contribution is 2.19. The number of carboxylic acids is 1. The summed E-state index contributed by atoms with van der Waals surface area (Å²) in [5.41, 5.74) is -0.653. The van der Waals surface area contributed by atoms with Crippen molar-refractivity contribution in [1.82, 2.24) is 4.98 Å². The molecule has 9 nitrogen and oxygen atoms in total. The summed E-state index contributed by atoms with van der Waals surface area (Å²) in [6.45, 7) is 0.578. The Kier molecular flexibility index (Phi) is 5.81. The Bertz CT molecular complexity index is 493. The van der Waals surface area contributed by atoms with E-state index in [0.29, 0.717) is 6.61 Å². The van der Waals surface area contributed by atoms with Gasteiger partial charge >= 0.3 is 5.97 Å². The van der Waals surface area contributed by atoms with Crippen LogP contribution in [0.1, 0.15) is 10.4 Å². The van der Waals surface area contributed by atoms with E-state index in [1.165, 1.54) is 14.2 Å². The summed E-state index contributed by atoms with van der Waals surface area (Å²) in [5.74, 6) is -1.26. The summed E-state index contributed by atoms with van der Waals surface area (Å²) >= 11 is 0. The number of aromatic nitrogens is 1. The first kappa shape index (κ1) is 15.8. The van der Waals surface area contributed by atoms with Crippen molar-refractivity contribution < 1.29 is 24.3 Å². The number of hydrogen-bond acceptors (Lipinski definition) is 7. The number of carbonyl (C=O) groups is 1. The van der Waals surface area contributed by atoms with Crippen LogP contribution in [0.4, 0.5) is 11.5 Å². The van der Waals surface area contributed by atoms with Gasteiger partial charge in [0.2, 0.25) is 0 Å². The van der Waals surface area contributed by atoms with Crippen molar-refractivity contribution in [2.75, 3.05) is 32.7 Å². The van der Waals surface area contributed by atoms with E-state index in [4.69, 9.17) is 14.6 Å². The van der Waals surface area contributed by atoms with Gasteiger partial charge in [0.25, 0.3) is 5.69 Å². The predicted molar refractivity (Wildman–Crippen MR) is 69.0 cm³/mol. The van der Waals surface area contributed by atoms with Crippen LogP contribution in [0.3, 0.4) is 0 Å². The van der Waals surface area contributed by atoms with E-state index in [1.54, 1.807) is 0 Å². The zero-order valence-corrected chi connectivity index (χ0v) is 11.0. The van der Waals surface area contributed by atoms with Gasteiger partial charge in [-0.25, -0.2) is 9.78 Å². The summed E-state index contributed by atoms with van der Waals surface area (Å²) in [7, 11) is 3.01. The normalized spacial score (nSPS) is 11.9. The number of rotatable bonds is 8. The molecule has 1 rings (SSSR count). The molecule has 0 bridgehead atoms. The Morgan fingerprint density at radius 1 is 1.60 bits per heavy atom. The minimum Gasteiger partial charge on any atom is -0.478 e. The van der Waals surface area contributed by atoms with Crippen molar-refractivity contribution in [3.05, 3.63) is 27.9 Å². The van der Waals surface area contributed by atoms with Gasteiger partial charge in [-0.3, -0.25) is 10.1 Å². The van der Waals surface area contributed by atoms with E-state index in [-0.39, 0.29) is 29.7 Å². The van der Waals surface area contributed by atoms with Crippen LogP contribution in [0.25, 0.3) is 0 Å². The molecule has 0 radical (unpaired) electrons. The van der Waals surface area contributed by atoms with Crippen LogP contribution in [0.2, 0.25) is 0 Å². The minimum absolute atomic E-state index is 0.0428. The monoisotopic (exact) mass is 285 g/mol. The van der Waals surface area contributed by atoms with Crippen LogP contribution in [0, 0.1) is 10.1 Å². The number of aromatic carboxylic acids is 1. The highest BCUT2D eigenvalue weighted by Gasteiger charge is 2.18. The van der Waals surface area contributed by atoms with Crippen molar-refractivity contribution >= 4 is 17.5 Å². The maximum absolute atomic E-state index is 11.1. The lowest BCUT2D eigenvalue weighted by Gasteiger charge is -2.16. The smallest absolute Gasteiger partial charge is 0.339 e. The number of hydrogen-bond donors (Lipinski definition) is 2. The molecule has 1 aromatic rings. The number of nitrogens with one attached hydrogen (secondary N) is 1. The second kappa shape index (κ2) is 7.36. The minimum atomic E-state index is -1.30. The Morgan fingerprint density at radius 2 is 2.30 bits per heavy atom. The van der Waals surface area contributed by atoms with Crippen LogP contribution in [0.15, 0.2) is 12.3 Å². The average molecular weight is 285 g/mol. The summed E-state index contributed by atoms with van der Waals surface area (Å²) in [4.78, 5) is 24.7. The zero-order valence-electron chi connectivity index (χ0n) is 11.0. The van der Waals surface area contributed by atoms with Gasteiger partial charge in [-0.1, -0.05) is 0 Å². The molecule has 0 aliphatic carbocycles. The summed E-state index contributed by atoms with van der Waals surface area (Å²) in [6.07, 6.45) is 0.700. The van der Waals surface area contributed by atoms with E-state index in [0.717, 1.165) is 12.3 Å². The molecule has 1 aromatic heterocycles. The summed E-state index contributed by atoms with van der Waals surface area (Å²) in [5, 5.41) is 22.4. The van der Waals surface area contributed by atoms with Gasteiger partial charge in [0.1, 0.15) is 17.6 Å². The van der Waals surface area contributed by atoms with Gasteiger partial charge in [-0.05, 0) is 0 Å². The lowest BCUT2D eigenvalue weighted by molar-refractivity contribution is -0.385. The molecule has 20 heavy (non-hydrogen) atoms. The molecule has 1 heterocycles. The molecule has 9 heteroatoms. The number of pyridine rings is 1. The number of nitrogens with zero attached hydrogens (tertiary/aromatic N) is 2. The van der Waals surface area contributed by atoms with Crippen LogP contribution in [-0.4, -0.2) is 54.5 Å². The van der Waals surface area contributed by atoms with Crippen molar-refractivity contribution in [2.24, 2.45) is 0 Å². The highest BCUT2D eigenvalue weighted by atomic mass is 16.6. The Labute approximate surface area is 114 Å². The molecule has 0 saturated carbocycles. The maximum Gasteiger partial charge on any atom is 0.339 e. The van der Waals surface area contributed by atoms with Crippen molar-refractivity contribution in [2.45, 2.75) is 6.10 Å². The number of anilines is 1. The lowest BCUT2D eigenvalue weighted by atomic mass is 10.2. The summed E-state index contributed by atoms with van der Waals surface area (Å²) in [6, 6.07) is 0.954. The first-order valence-electron chi connectivity index (χ1n) is 5.63. The van der Waals surface area contributed by atoms with Crippen LogP contribution < -0.4 is 5.32 Å². The molecule has 0 aliphatic rings. The molecule has 0 aromatic carbocycles. The molecule has 1 atom stereocenters. The number of methoxy groups -OCH3 is 2. The SMILES string of the molecule is COCC(CNc1ncc([N+](=O)[O-])cc1C(=O)O)OC. The molecule has 2 N–H and O–H groups in total. The van der Waals surface area contributed by atoms with E-state index in [2.05, 4.69) is 10.3 Å². The Hall–Kier alpha value is -2.26. The molecule has 1 unspecified atom stereocenters. The van der Waals surface area contributed by atoms with Crippen LogP contribution in [0.5, 0.6) is 0 Å². The maximum atomic E-state index is 11.1. The highest BCUT2D eigenvalue weighted by molar-refractivity contribution is 5.93. The van der Waals surface area contributed by atoms with E-state index < -0.39 is 10.9 Å². The Balaban J connectivity index is 2.89. The lowest BCUT2D eigenvalue weighted by Crippen LogP contribution is -2.27. The van der Waals surface area contributed by atoms with E-state index in [1.807, 2.05) is 0 Å². The number of ether oxygens (including phenoxy) is 2. The first-order valence-corrected chi connectivity index (χ1v) is 5.63. The van der Waals surface area contributed by atoms with Crippen molar-refractivity contribution in [3.63, 3.8) is 0 Å². The van der Waals surface area contributed by atoms with Gasteiger partial charge in [-0.2, -0.15) is 0 Å². The molecule has 0 fully saturated rings. The molecule has 0 amide bonds. The third-order valence-electron chi connectivity index (χ3n) is 2.50. The van der Waals surface area contributed by atoms with Crippen LogP contribution in [-0.2, 0) is 9.47 Å². The van der Waals surface area contributed by atoms with E-state index >= 15 is 0 Å². The van der Waals surface area contributed by atoms with Gasteiger partial charge in [0.05, 0.1) is 17.6 Å². The zero-order chi connectivity index (χ0) is 15.1. The third kappa shape index (κ3) is 4.14. The average Bonchev–Trinajstić information content (AvgIpc) is 2.42. The standard InChI is InChI=1S/C11H15N3O6/c1-19-6-8(20-2)5-13-10-9(11(15)16)3-7(4-12-10)14(17)18/h3-4,8H,5-6H2,1-2H3,(H,12,13)(H,15,16). The van der Waals surface area contributed by atoms with Crippen molar-refractivity contribution in [3.8, 4) is 0 Å². The molecular weight excluding hydrogens is 270 g/mol. The van der Waals surface area contributed by atoms with Crippen LogP contribution >= 0.6 is 0 Å². The largest absolute Gasteiger partial charge is 0.478 e. The van der Waals surface area contributed by atoms with Gasteiger partial charge < -0.3 is 19.9 Å². The summed E-state index contributed by atoms with van der Waals surface area (Å²) < 4.78 is 10.0. The fourth-order valence-electron chi connectivity index (χ4n) is 1.46. The van der Waals surface area contributed by atoms with Gasteiger partial charge in [0, 0.05) is 26.8 Å². The number of nitro groups is 1. The molecule has 0 saturated heterocycles. The van der Waals surface area contributed by atoms with Gasteiger partial charge in [-0.15, -0.1) is 0 Å². The van der Waals surface area contributed by atoms with Crippen molar-refractivity contribution in [1.29, 1.82) is 0 Å². The molecule has 0 aliphatic heterocycles. The first-order chi connectivity index (χ1) is 9.49. The molecule has 110 valence electrons. The fourth-order valence-corrected chi connectivity index (χ4v) is 1.46. The van der Waals surface area contributed by atoms with Gasteiger partial charge in [0.15, 0.2) is 0 Å². The fraction of sp³-hybridized carbons (Fsp3) is 0.455. The van der Waals surface area contributed by atoms with E-state index in [9.17, 15) is 14.9 Å². The predicted octanol–water partition coefficient (Wildman–Crippen LogP) is 0.761. The quantitative estimate of drug-likeness (QED) is 0.530. The topological polar surface area (TPSA) is 124 Å². The number of carboxylic acid groups (broad SMARTS) is 1. The Morgan fingerprint density at radius 3 is 2.80 bits per heavy atom. The molecule has 0 spiro atoms.